The van der Waals surface area contributed by atoms with Crippen LogP contribution in [-0.4, -0.2) is 60.8 Å². The third-order valence-electron chi connectivity index (χ3n) is 18.7. The zero-order valence-electron chi connectivity index (χ0n) is 37.6. The van der Waals surface area contributed by atoms with Gasteiger partial charge in [0.25, 0.3) is 6.47 Å². The average Bonchev–Trinajstić information content (AvgIpc) is 3.43. The number of fused-ring (bicyclic) bond motifs is 7. The van der Waals surface area contributed by atoms with Crippen LogP contribution in [0.3, 0.4) is 0 Å². The first-order valence-electron chi connectivity index (χ1n) is 22.6. The monoisotopic (exact) mass is 827 g/mol. The molecule has 0 aromatic heterocycles. The lowest BCUT2D eigenvalue weighted by Crippen LogP contribution is -2.67. The summed E-state index contributed by atoms with van der Waals surface area (Å²) in [6, 6.07) is 0. The zero-order valence-corrected chi connectivity index (χ0v) is 38.4. The first-order chi connectivity index (χ1) is 26.5. The molecular weight excluding hydrogens is 752 g/mol. The predicted molar refractivity (Wildman–Crippen MR) is 227 cm³/mol. The fraction of sp³-hybridized carbons (Fsp3) is 0.854. The van der Waals surface area contributed by atoms with Crippen molar-refractivity contribution in [3.63, 3.8) is 0 Å². The number of carbonyl (C=O) groups excluding carboxylic acids is 5. The van der Waals surface area contributed by atoms with E-state index in [0.717, 1.165) is 82.9 Å². The van der Waals surface area contributed by atoms with Crippen molar-refractivity contribution >= 4 is 42.3 Å². The minimum absolute atomic E-state index is 0. The lowest BCUT2D eigenvalue weighted by Gasteiger charge is -2.72. The average molecular weight is 828 g/mol. The summed E-state index contributed by atoms with van der Waals surface area (Å²) >= 11 is 0. The molecule has 10 atom stereocenters. The van der Waals surface area contributed by atoms with E-state index in [4.69, 9.17) is 9.47 Å². The summed E-state index contributed by atoms with van der Waals surface area (Å²) < 4.78 is 11.7. The minimum Gasteiger partial charge on any atom is -0.464 e. The molecule has 58 heavy (non-hydrogen) atoms. The van der Waals surface area contributed by atoms with E-state index in [1.54, 1.807) is 0 Å². The Bertz CT molecular complexity index is 1710. The van der Waals surface area contributed by atoms with Crippen LogP contribution in [0.4, 0.5) is 0 Å². The number of Topliss-reactive ketones (excluding diaryl/α,β-unsaturated/α-hetero) is 2. The van der Waals surface area contributed by atoms with Crippen LogP contribution in [0.1, 0.15) is 160 Å². The standard InChI is InChI=1S/C48H74N2O7.ClH/c1-28(2)38-33(53)26-48(50-41(55)42(3,4)25-32(52)29-16-22-49-23-17-29)21-20-46(10)30(39(38)48)12-13-35-45(9)18-15-36(44(7,8)34(45)14-19-47(35,46)11)57-40(54)31-24-37(56-27-51)43(31,5)6;/h27-31,34-37,49H,12-26H2,1-11H3,(H,50,55);1H/t30-,31-,34+,35-,36+,37-,45+,46-,47-,48-;/m1./s1. The maximum Gasteiger partial charge on any atom is 0.310 e. The number of ether oxygens (including phenoxy) is 2. The molecule has 0 spiro atoms. The molecule has 0 aromatic rings. The second kappa shape index (κ2) is 15.3. The minimum atomic E-state index is -0.871. The molecule has 2 N–H and O–H groups in total. The molecule has 6 aliphatic carbocycles. The van der Waals surface area contributed by atoms with Crippen LogP contribution in [-0.2, 0) is 33.4 Å². The molecule has 0 unspecified atom stereocenters. The summed E-state index contributed by atoms with van der Waals surface area (Å²) in [5, 5.41) is 6.90. The van der Waals surface area contributed by atoms with E-state index in [1.165, 1.54) is 5.57 Å². The molecule has 5 saturated carbocycles. The first kappa shape index (κ1) is 45.3. The highest BCUT2D eigenvalue weighted by atomic mass is 35.5. The molecule has 1 amide bonds. The van der Waals surface area contributed by atoms with Gasteiger partial charge in [-0.05, 0) is 135 Å². The van der Waals surface area contributed by atoms with Crippen LogP contribution in [0.5, 0.6) is 0 Å². The lowest BCUT2D eigenvalue weighted by molar-refractivity contribution is -0.236. The van der Waals surface area contributed by atoms with Crippen LogP contribution in [0.15, 0.2) is 11.1 Å². The zero-order chi connectivity index (χ0) is 41.7. The number of esters is 1. The van der Waals surface area contributed by atoms with Crippen molar-refractivity contribution in [2.45, 2.75) is 177 Å². The molecule has 0 radical (unpaired) electrons. The number of halogens is 1. The van der Waals surface area contributed by atoms with E-state index in [1.807, 2.05) is 27.7 Å². The molecule has 1 saturated heterocycles. The second-order valence-electron chi connectivity index (χ2n) is 22.9. The Kier molecular flexibility index (Phi) is 11.9. The van der Waals surface area contributed by atoms with E-state index in [9.17, 15) is 24.0 Å². The highest BCUT2D eigenvalue weighted by Crippen LogP contribution is 2.76. The summed E-state index contributed by atoms with van der Waals surface area (Å²) in [7, 11) is 0. The van der Waals surface area contributed by atoms with Gasteiger partial charge in [0.15, 0.2) is 5.78 Å². The third kappa shape index (κ3) is 6.76. The number of piperidine rings is 1. The number of rotatable bonds is 10. The largest absolute Gasteiger partial charge is 0.464 e. The van der Waals surface area contributed by atoms with Crippen molar-refractivity contribution < 1.29 is 33.4 Å². The topological polar surface area (TPSA) is 128 Å². The molecule has 326 valence electrons. The number of ketones is 2. The van der Waals surface area contributed by atoms with Gasteiger partial charge in [-0.2, -0.15) is 0 Å². The van der Waals surface area contributed by atoms with Crippen molar-refractivity contribution in [2.75, 3.05) is 13.1 Å². The molecule has 1 heterocycles. The Morgan fingerprint density at radius 1 is 0.845 bits per heavy atom. The Labute approximate surface area is 354 Å². The van der Waals surface area contributed by atoms with Gasteiger partial charge < -0.3 is 20.1 Å². The van der Waals surface area contributed by atoms with Gasteiger partial charge in [0.1, 0.15) is 18.0 Å². The number of carbonyl (C=O) groups is 5. The molecule has 0 aromatic carbocycles. The fourth-order valence-electron chi connectivity index (χ4n) is 14.9. The van der Waals surface area contributed by atoms with Crippen LogP contribution in [0, 0.1) is 68.0 Å². The van der Waals surface area contributed by atoms with Gasteiger partial charge in [-0.3, -0.25) is 24.0 Å². The van der Waals surface area contributed by atoms with Crippen molar-refractivity contribution in [3.8, 4) is 0 Å². The van der Waals surface area contributed by atoms with E-state index < -0.39 is 16.4 Å². The first-order valence-corrected chi connectivity index (χ1v) is 22.6. The Morgan fingerprint density at radius 3 is 2.14 bits per heavy atom. The van der Waals surface area contributed by atoms with Crippen LogP contribution >= 0.6 is 12.4 Å². The number of nitrogens with one attached hydrogen (secondary N) is 2. The second-order valence-corrected chi connectivity index (χ2v) is 22.9. The van der Waals surface area contributed by atoms with Gasteiger partial charge in [-0.15, -0.1) is 12.4 Å². The summed E-state index contributed by atoms with van der Waals surface area (Å²) in [5.74, 6) is 0.961. The lowest BCUT2D eigenvalue weighted by atomic mass is 9.33. The van der Waals surface area contributed by atoms with Crippen molar-refractivity contribution in [1.82, 2.24) is 10.6 Å². The van der Waals surface area contributed by atoms with Gasteiger partial charge >= 0.3 is 5.97 Å². The third-order valence-corrected chi connectivity index (χ3v) is 18.7. The number of hydrogen-bond acceptors (Lipinski definition) is 8. The van der Waals surface area contributed by atoms with Crippen LogP contribution < -0.4 is 10.6 Å². The molecule has 10 heteroatoms. The molecule has 0 bridgehead atoms. The summed E-state index contributed by atoms with van der Waals surface area (Å²) in [4.78, 5) is 66.8. The van der Waals surface area contributed by atoms with Crippen molar-refractivity contribution in [3.05, 3.63) is 11.1 Å². The maximum absolute atomic E-state index is 14.4. The van der Waals surface area contributed by atoms with Crippen molar-refractivity contribution in [1.29, 1.82) is 0 Å². The quantitative estimate of drug-likeness (QED) is 0.165. The Morgan fingerprint density at radius 2 is 1.52 bits per heavy atom. The predicted octanol–water partition coefficient (Wildman–Crippen LogP) is 8.74. The number of allylic oxidation sites excluding steroid dienone is 1. The molecule has 1 aliphatic heterocycles. The summed E-state index contributed by atoms with van der Waals surface area (Å²) in [5.41, 5.74) is -0.00702. The Balaban J connectivity index is 0.00000567. The van der Waals surface area contributed by atoms with Gasteiger partial charge in [-0.25, -0.2) is 0 Å². The smallest absolute Gasteiger partial charge is 0.310 e. The van der Waals surface area contributed by atoms with E-state index in [0.29, 0.717) is 31.1 Å². The fourth-order valence-corrected chi connectivity index (χ4v) is 14.9. The number of hydrogen-bond donors (Lipinski definition) is 2. The maximum atomic E-state index is 14.4. The van der Waals surface area contributed by atoms with E-state index >= 15 is 0 Å². The number of amides is 1. The van der Waals surface area contributed by atoms with Gasteiger partial charge in [0.2, 0.25) is 5.91 Å². The van der Waals surface area contributed by atoms with E-state index in [2.05, 4.69) is 59.1 Å². The SMILES string of the molecule is CC(C)C1=C2[C@H]3CC[C@@H]4[C@@]5(C)CC[C@H](OC(=O)[C@H]6C[C@@H](OC=O)C6(C)C)C(C)(C)[C@@H]5CC[C@@]4(C)[C@]3(C)CC[C@@]2(NC(=O)C(C)(C)CC(=O)C2CCNCC2)CC1=O.Cl. The molecule has 7 aliphatic rings. The molecule has 9 nitrogen and oxygen atoms in total. The van der Waals surface area contributed by atoms with Crippen LogP contribution in [0.25, 0.3) is 0 Å². The highest BCUT2D eigenvalue weighted by Gasteiger charge is 2.70. The molecular formula is C48H75ClN2O7. The van der Waals surface area contributed by atoms with Crippen LogP contribution in [0.2, 0.25) is 0 Å². The van der Waals surface area contributed by atoms with E-state index in [-0.39, 0.29) is 99.8 Å². The van der Waals surface area contributed by atoms with Gasteiger partial charge in [-0.1, -0.05) is 76.2 Å². The summed E-state index contributed by atoms with van der Waals surface area (Å²) in [6.45, 7) is 26.5. The van der Waals surface area contributed by atoms with Gasteiger partial charge in [0.05, 0.1) is 16.9 Å². The summed E-state index contributed by atoms with van der Waals surface area (Å²) in [6.07, 6.45) is 10.0. The molecule has 7 rings (SSSR count). The normalized spacial score (nSPS) is 40.4. The van der Waals surface area contributed by atoms with Gasteiger partial charge in [0, 0.05) is 29.6 Å². The van der Waals surface area contributed by atoms with Crippen molar-refractivity contribution in [2.24, 2.45) is 68.0 Å². The Hall–Kier alpha value is -2.26. The highest BCUT2D eigenvalue weighted by molar-refractivity contribution is 6.02. The molecule has 6 fully saturated rings.